The molecule has 1 amide bonds. The van der Waals surface area contributed by atoms with E-state index in [0.29, 0.717) is 20.5 Å². The van der Waals surface area contributed by atoms with Gasteiger partial charge in [-0.25, -0.2) is 4.79 Å². The maximum atomic E-state index is 14.3. The molecule has 1 aromatic heterocycles. The van der Waals surface area contributed by atoms with Crippen LogP contribution in [0, 0.1) is 11.8 Å². The quantitative estimate of drug-likeness (QED) is 0.342. The summed E-state index contributed by atoms with van der Waals surface area (Å²) in [5.41, 5.74) is 2.33. The third-order valence-corrected chi connectivity index (χ3v) is 9.22. The van der Waals surface area contributed by atoms with Gasteiger partial charge in [0.25, 0.3) is 0 Å². The van der Waals surface area contributed by atoms with E-state index in [2.05, 4.69) is 0 Å². The molecule has 3 aromatic rings. The van der Waals surface area contributed by atoms with Crippen molar-refractivity contribution >= 4 is 46.3 Å². The molecule has 1 aliphatic carbocycles. The number of carboxylic acids is 1. The Kier molecular flexibility index (Phi) is 7.69. The number of benzene rings is 2. The van der Waals surface area contributed by atoms with Gasteiger partial charge in [-0.3, -0.25) is 9.59 Å². The van der Waals surface area contributed by atoms with Crippen molar-refractivity contribution in [2.45, 2.75) is 37.3 Å². The first-order valence-corrected chi connectivity index (χ1v) is 14.2. The van der Waals surface area contributed by atoms with Crippen LogP contribution < -0.4 is 9.64 Å². The number of hydrogen-bond acceptors (Lipinski definition) is 6. The number of thiophene rings is 1. The van der Waals surface area contributed by atoms with Gasteiger partial charge < -0.3 is 19.6 Å². The van der Waals surface area contributed by atoms with E-state index in [-0.39, 0.29) is 17.6 Å². The maximum absolute atomic E-state index is 14.3. The monoisotopic (exact) mass is 566 g/mol. The number of likely N-dealkylation sites (tertiary alicyclic amines) is 1. The van der Waals surface area contributed by atoms with Crippen molar-refractivity contribution in [1.82, 2.24) is 4.90 Å². The molecule has 1 saturated heterocycles. The maximum Gasteiger partial charge on any atom is 0.327 e. The van der Waals surface area contributed by atoms with Crippen molar-refractivity contribution in [2.75, 3.05) is 26.1 Å². The molecule has 204 valence electrons. The Bertz CT molecular complexity index is 1380. The lowest BCUT2D eigenvalue weighted by Gasteiger charge is -2.36. The highest BCUT2D eigenvalue weighted by molar-refractivity contribution is 7.18. The first kappa shape index (κ1) is 27.2. The molecule has 9 heteroatoms. The average molecular weight is 567 g/mol. The van der Waals surface area contributed by atoms with E-state index in [1.165, 1.54) is 16.2 Å². The third-order valence-electron chi connectivity index (χ3n) is 7.98. The minimum atomic E-state index is -1.23. The first-order valence-electron chi connectivity index (χ1n) is 13.0. The summed E-state index contributed by atoms with van der Waals surface area (Å²) < 4.78 is 5.92. The molecule has 1 aliphatic heterocycles. The molecule has 2 fully saturated rings. The summed E-state index contributed by atoms with van der Waals surface area (Å²) in [5, 5.41) is 10.7. The number of carbonyl (C=O) groups excluding carboxylic acids is 2. The van der Waals surface area contributed by atoms with Gasteiger partial charge in [0.2, 0.25) is 5.91 Å². The van der Waals surface area contributed by atoms with Crippen LogP contribution in [0.15, 0.2) is 60.7 Å². The van der Waals surface area contributed by atoms with Crippen LogP contribution >= 0.6 is 22.9 Å². The molecular formula is C30H31ClN2O5S. The van der Waals surface area contributed by atoms with Crippen LogP contribution in [0.3, 0.4) is 0 Å². The number of aliphatic carboxylic acids is 1. The van der Waals surface area contributed by atoms with Crippen molar-refractivity contribution in [3.8, 4) is 5.75 Å². The molecule has 4 unspecified atom stereocenters. The van der Waals surface area contributed by atoms with Gasteiger partial charge in [0, 0.05) is 31.6 Å². The van der Waals surface area contributed by atoms with Gasteiger partial charge in [-0.15, -0.1) is 11.3 Å². The van der Waals surface area contributed by atoms with Gasteiger partial charge in [0.05, 0.1) is 28.3 Å². The standard InChI is InChI=1S/C30H31ClN2O5S/c1-32(2)20-12-10-17(11-13-20)26-25(28(34)22-14-15-23(31)39-22)24(19-8-5-9-21(16-19)38-3)27(30(36)37)33(26)29(35)18-6-4-7-18/h5,8-16,18,24-27H,4,6-7H2,1-3H3,(H,36,37). The lowest BCUT2D eigenvalue weighted by atomic mass is 9.77. The number of methoxy groups -OCH3 is 1. The molecule has 39 heavy (non-hydrogen) atoms. The first-order chi connectivity index (χ1) is 18.7. The fourth-order valence-electron chi connectivity index (χ4n) is 5.82. The molecule has 0 spiro atoms. The second kappa shape index (κ2) is 11.0. The van der Waals surface area contributed by atoms with Gasteiger partial charge >= 0.3 is 5.97 Å². The summed E-state index contributed by atoms with van der Waals surface area (Å²) in [7, 11) is 5.41. The van der Waals surface area contributed by atoms with Gasteiger partial charge in [-0.1, -0.05) is 42.3 Å². The summed E-state index contributed by atoms with van der Waals surface area (Å²) >= 11 is 7.38. The summed E-state index contributed by atoms with van der Waals surface area (Å²) in [6.45, 7) is 0. The number of rotatable bonds is 8. The number of carbonyl (C=O) groups is 3. The Morgan fingerprint density at radius 2 is 1.74 bits per heavy atom. The minimum absolute atomic E-state index is 0.206. The number of halogens is 1. The lowest BCUT2D eigenvalue weighted by Crippen LogP contribution is -2.47. The number of amides is 1. The van der Waals surface area contributed by atoms with E-state index >= 15 is 0 Å². The third kappa shape index (κ3) is 5.03. The number of carboxylic acid groups (broad SMARTS) is 1. The second-order valence-corrected chi connectivity index (χ2v) is 12.1. The molecule has 1 saturated carbocycles. The number of nitrogens with zero attached hydrogens (tertiary/aromatic N) is 2. The normalized spacial score (nSPS) is 22.8. The summed E-state index contributed by atoms with van der Waals surface area (Å²) in [4.78, 5) is 45.3. The number of ether oxygens (including phenoxy) is 1. The van der Waals surface area contributed by atoms with Crippen LogP contribution in [0.25, 0.3) is 0 Å². The Balaban J connectivity index is 1.74. The smallest absolute Gasteiger partial charge is 0.327 e. The zero-order chi connectivity index (χ0) is 27.8. The molecule has 2 aliphatic rings. The van der Waals surface area contributed by atoms with Crippen LogP contribution in [-0.4, -0.2) is 54.9 Å². The van der Waals surface area contributed by atoms with E-state index in [0.717, 1.165) is 30.5 Å². The van der Waals surface area contributed by atoms with Crippen molar-refractivity contribution in [3.63, 3.8) is 0 Å². The van der Waals surface area contributed by atoms with Crippen LogP contribution in [0.4, 0.5) is 5.69 Å². The molecule has 2 heterocycles. The van der Waals surface area contributed by atoms with Crippen molar-refractivity contribution < 1.29 is 24.2 Å². The van der Waals surface area contributed by atoms with Crippen molar-refractivity contribution in [2.24, 2.45) is 11.8 Å². The Morgan fingerprint density at radius 3 is 2.28 bits per heavy atom. The zero-order valence-electron chi connectivity index (χ0n) is 22.0. The molecule has 4 atom stereocenters. The number of Topliss-reactive ketones (excluding diaryl/α,β-unsaturated/α-hetero) is 1. The van der Waals surface area contributed by atoms with Gasteiger partial charge in [0.1, 0.15) is 11.8 Å². The zero-order valence-corrected chi connectivity index (χ0v) is 23.6. The molecule has 1 N–H and O–H groups in total. The fraction of sp³-hybridized carbons (Fsp3) is 0.367. The number of anilines is 1. The Labute approximate surface area is 236 Å². The van der Waals surface area contributed by atoms with Crippen LogP contribution in [-0.2, 0) is 9.59 Å². The second-order valence-electron chi connectivity index (χ2n) is 10.4. The Morgan fingerprint density at radius 1 is 1.03 bits per heavy atom. The minimum Gasteiger partial charge on any atom is -0.497 e. The van der Waals surface area contributed by atoms with Gasteiger partial charge in [-0.05, 0) is 60.4 Å². The predicted molar refractivity (Wildman–Crippen MR) is 152 cm³/mol. The number of hydrogen-bond donors (Lipinski definition) is 1. The fourth-order valence-corrected chi connectivity index (χ4v) is 6.85. The molecular weight excluding hydrogens is 536 g/mol. The highest BCUT2D eigenvalue weighted by Gasteiger charge is 2.58. The van der Waals surface area contributed by atoms with Crippen LogP contribution in [0.2, 0.25) is 4.34 Å². The van der Waals surface area contributed by atoms with E-state index in [4.69, 9.17) is 16.3 Å². The van der Waals surface area contributed by atoms with Gasteiger partial charge in [-0.2, -0.15) is 0 Å². The molecule has 0 bridgehead atoms. The van der Waals surface area contributed by atoms with Gasteiger partial charge in [0.15, 0.2) is 5.78 Å². The van der Waals surface area contributed by atoms with E-state index < -0.39 is 29.9 Å². The molecule has 7 nitrogen and oxygen atoms in total. The summed E-state index contributed by atoms with van der Waals surface area (Å²) in [6.07, 6.45) is 2.37. The SMILES string of the molecule is COc1cccc(C2C(C(=O)c3ccc(Cl)s3)C(c3ccc(N(C)C)cc3)N(C(=O)C3CCC3)C2C(=O)O)c1. The highest BCUT2D eigenvalue weighted by atomic mass is 35.5. The molecule has 2 aromatic carbocycles. The van der Waals surface area contributed by atoms with E-state index in [1.54, 1.807) is 37.4 Å². The van der Waals surface area contributed by atoms with Crippen LogP contribution in [0.5, 0.6) is 5.75 Å². The highest BCUT2D eigenvalue weighted by Crippen LogP contribution is 2.53. The van der Waals surface area contributed by atoms with Crippen molar-refractivity contribution in [3.05, 3.63) is 81.0 Å². The largest absolute Gasteiger partial charge is 0.497 e. The number of ketones is 1. The van der Waals surface area contributed by atoms with E-state index in [1.807, 2.05) is 49.3 Å². The topological polar surface area (TPSA) is 87.2 Å². The predicted octanol–water partition coefficient (Wildman–Crippen LogP) is 5.90. The average Bonchev–Trinajstić information content (AvgIpc) is 3.49. The molecule has 5 rings (SSSR count). The summed E-state index contributed by atoms with van der Waals surface area (Å²) in [6, 6.07) is 16.2. The lowest BCUT2D eigenvalue weighted by molar-refractivity contribution is -0.153. The summed E-state index contributed by atoms with van der Waals surface area (Å²) in [5.74, 6) is -2.90. The van der Waals surface area contributed by atoms with Crippen LogP contribution in [0.1, 0.15) is 52.0 Å². The Hall–Kier alpha value is -3.36. The molecule has 0 radical (unpaired) electrons. The van der Waals surface area contributed by atoms with E-state index in [9.17, 15) is 19.5 Å². The van der Waals surface area contributed by atoms with Crippen molar-refractivity contribution in [1.29, 1.82) is 0 Å².